The third-order valence-electron chi connectivity index (χ3n) is 5.52. The van der Waals surface area contributed by atoms with Gasteiger partial charge in [0, 0.05) is 25.3 Å². The molecule has 1 aromatic carbocycles. The van der Waals surface area contributed by atoms with Gasteiger partial charge in [0.1, 0.15) is 5.65 Å². The molecule has 4 rings (SSSR count). The van der Waals surface area contributed by atoms with Gasteiger partial charge in [-0.15, -0.1) is 0 Å². The van der Waals surface area contributed by atoms with Gasteiger partial charge in [0.2, 0.25) is 5.43 Å². The molecule has 2 N–H and O–H groups in total. The molecule has 1 saturated heterocycles. The summed E-state index contributed by atoms with van der Waals surface area (Å²) in [4.78, 5) is 16.2. The molecular weight excluding hydrogens is 378 g/mol. The van der Waals surface area contributed by atoms with E-state index in [0.717, 1.165) is 32.5 Å². The maximum absolute atomic E-state index is 12.9. The lowest BCUT2D eigenvalue weighted by atomic mass is 9.97. The standard InChI is InChI=1S/C21H24ClN3O3/c1-2-16-17-19(26)20(27)18(14-5-3-4-6-15(14)22)23-21(17)25(24-16)10-7-13-8-11-28-12-9-13/h3-6,13,27H,2,7-12H2,1H3,(H,23,26). The number of hydrogen-bond donors (Lipinski definition) is 2. The number of ether oxygens (including phenoxy) is 1. The Morgan fingerprint density at radius 3 is 2.79 bits per heavy atom. The predicted molar refractivity (Wildman–Crippen MR) is 110 cm³/mol. The molecule has 1 aliphatic rings. The minimum Gasteiger partial charge on any atom is -0.503 e. The summed E-state index contributed by atoms with van der Waals surface area (Å²) in [7, 11) is 0. The van der Waals surface area contributed by atoms with E-state index in [1.165, 1.54) is 0 Å². The average molecular weight is 402 g/mol. The van der Waals surface area contributed by atoms with Gasteiger partial charge >= 0.3 is 0 Å². The molecule has 0 radical (unpaired) electrons. The number of benzene rings is 1. The second kappa shape index (κ2) is 7.97. The molecule has 28 heavy (non-hydrogen) atoms. The summed E-state index contributed by atoms with van der Waals surface area (Å²) in [6, 6.07) is 7.15. The zero-order valence-electron chi connectivity index (χ0n) is 15.9. The van der Waals surface area contributed by atoms with Gasteiger partial charge in [-0.25, -0.2) is 4.68 Å². The Morgan fingerprint density at radius 2 is 2.07 bits per heavy atom. The third-order valence-corrected chi connectivity index (χ3v) is 5.84. The Kier molecular flexibility index (Phi) is 5.42. The highest BCUT2D eigenvalue weighted by Crippen LogP contribution is 2.33. The maximum Gasteiger partial charge on any atom is 0.235 e. The van der Waals surface area contributed by atoms with Crippen LogP contribution in [0, 0.1) is 5.92 Å². The largest absolute Gasteiger partial charge is 0.503 e. The Hall–Kier alpha value is -2.31. The van der Waals surface area contributed by atoms with Crippen LogP contribution in [0.15, 0.2) is 29.1 Å². The monoisotopic (exact) mass is 401 g/mol. The van der Waals surface area contributed by atoms with Gasteiger partial charge in [-0.3, -0.25) is 4.79 Å². The van der Waals surface area contributed by atoms with Gasteiger partial charge < -0.3 is 14.8 Å². The number of aromatic amines is 1. The molecule has 148 valence electrons. The first-order valence-corrected chi connectivity index (χ1v) is 10.1. The highest BCUT2D eigenvalue weighted by atomic mass is 35.5. The fraction of sp³-hybridized carbons (Fsp3) is 0.429. The zero-order chi connectivity index (χ0) is 19.7. The number of aromatic hydroxyl groups is 1. The van der Waals surface area contributed by atoms with Gasteiger partial charge in [0.25, 0.3) is 0 Å². The Balaban J connectivity index is 1.80. The highest BCUT2D eigenvalue weighted by Gasteiger charge is 2.22. The molecule has 2 aromatic heterocycles. The average Bonchev–Trinajstić information content (AvgIpc) is 3.08. The predicted octanol–water partition coefficient (Wildman–Crippen LogP) is 4.13. The summed E-state index contributed by atoms with van der Waals surface area (Å²) in [6.45, 7) is 4.30. The van der Waals surface area contributed by atoms with Crippen LogP contribution in [0.5, 0.6) is 5.75 Å². The molecule has 7 heteroatoms. The number of rotatable bonds is 5. The minimum atomic E-state index is -0.405. The normalized spacial score (nSPS) is 15.4. The van der Waals surface area contributed by atoms with Gasteiger partial charge in [-0.1, -0.05) is 36.7 Å². The SMILES string of the molecule is CCc1nn(CCC2CCOCC2)c2[nH]c(-c3ccccc3Cl)c(O)c(=O)c12. The van der Waals surface area contributed by atoms with E-state index in [0.29, 0.717) is 51.9 Å². The maximum atomic E-state index is 12.9. The molecule has 0 unspecified atom stereocenters. The topological polar surface area (TPSA) is 80.1 Å². The fourth-order valence-corrected chi connectivity index (χ4v) is 4.12. The van der Waals surface area contributed by atoms with E-state index in [1.54, 1.807) is 12.1 Å². The Bertz CT molecular complexity index is 1050. The molecule has 0 saturated carbocycles. The smallest absolute Gasteiger partial charge is 0.235 e. The van der Waals surface area contributed by atoms with Crippen molar-refractivity contribution in [2.45, 2.75) is 39.2 Å². The van der Waals surface area contributed by atoms with E-state index >= 15 is 0 Å². The zero-order valence-corrected chi connectivity index (χ0v) is 16.6. The van der Waals surface area contributed by atoms with E-state index < -0.39 is 5.43 Å². The van der Waals surface area contributed by atoms with Crippen LogP contribution < -0.4 is 5.43 Å². The van der Waals surface area contributed by atoms with Gasteiger partial charge in [-0.2, -0.15) is 5.10 Å². The Morgan fingerprint density at radius 1 is 1.32 bits per heavy atom. The second-order valence-electron chi connectivity index (χ2n) is 7.25. The molecule has 3 heterocycles. The summed E-state index contributed by atoms with van der Waals surface area (Å²) < 4.78 is 7.30. The van der Waals surface area contributed by atoms with Crippen LogP contribution in [0.4, 0.5) is 0 Å². The first-order chi connectivity index (χ1) is 13.6. The molecule has 6 nitrogen and oxygen atoms in total. The van der Waals surface area contributed by atoms with Gasteiger partial charge in [0.15, 0.2) is 5.75 Å². The van der Waals surface area contributed by atoms with Crippen LogP contribution in [0.2, 0.25) is 5.02 Å². The molecule has 0 bridgehead atoms. The lowest BCUT2D eigenvalue weighted by Crippen LogP contribution is -2.18. The van der Waals surface area contributed by atoms with Crippen molar-refractivity contribution in [3.63, 3.8) is 0 Å². The fourth-order valence-electron chi connectivity index (χ4n) is 3.89. The lowest BCUT2D eigenvalue weighted by molar-refractivity contribution is 0.0624. The van der Waals surface area contributed by atoms with Crippen LogP contribution >= 0.6 is 11.6 Å². The van der Waals surface area contributed by atoms with E-state index in [1.807, 2.05) is 23.7 Å². The molecule has 3 aromatic rings. The van der Waals surface area contributed by atoms with E-state index in [-0.39, 0.29) is 5.75 Å². The summed E-state index contributed by atoms with van der Waals surface area (Å²) >= 11 is 6.30. The number of fused-ring (bicyclic) bond motifs is 1. The third kappa shape index (κ3) is 3.42. The quantitative estimate of drug-likeness (QED) is 0.673. The van der Waals surface area contributed by atoms with Crippen molar-refractivity contribution in [3.05, 3.63) is 45.2 Å². The number of nitrogens with zero attached hydrogens (tertiary/aromatic N) is 2. The van der Waals surface area contributed by atoms with Crippen LogP contribution in [0.1, 0.15) is 31.9 Å². The van der Waals surface area contributed by atoms with Crippen molar-refractivity contribution in [2.75, 3.05) is 13.2 Å². The first-order valence-electron chi connectivity index (χ1n) is 9.77. The van der Waals surface area contributed by atoms with E-state index in [9.17, 15) is 9.90 Å². The van der Waals surface area contributed by atoms with Crippen LogP contribution in [-0.4, -0.2) is 33.1 Å². The highest BCUT2D eigenvalue weighted by molar-refractivity contribution is 6.33. The summed E-state index contributed by atoms with van der Waals surface area (Å²) in [6.07, 6.45) is 3.71. The van der Waals surface area contributed by atoms with E-state index in [2.05, 4.69) is 10.1 Å². The number of pyridine rings is 1. The molecule has 0 aliphatic carbocycles. The second-order valence-corrected chi connectivity index (χ2v) is 7.66. The molecule has 1 fully saturated rings. The summed E-state index contributed by atoms with van der Waals surface area (Å²) in [5.74, 6) is 0.282. The number of aryl methyl sites for hydroxylation is 2. The number of halogens is 1. The number of hydrogen-bond acceptors (Lipinski definition) is 4. The first kappa shape index (κ1) is 19.0. The molecule has 0 amide bonds. The minimum absolute atomic E-state index is 0.320. The van der Waals surface area contributed by atoms with Crippen molar-refractivity contribution in [3.8, 4) is 17.0 Å². The van der Waals surface area contributed by atoms with Gasteiger partial charge in [-0.05, 0) is 37.7 Å². The Labute approximate surface area is 168 Å². The number of aromatic nitrogens is 3. The lowest BCUT2D eigenvalue weighted by Gasteiger charge is -2.21. The van der Waals surface area contributed by atoms with E-state index in [4.69, 9.17) is 16.3 Å². The molecule has 1 aliphatic heterocycles. The van der Waals surface area contributed by atoms with Crippen molar-refractivity contribution < 1.29 is 9.84 Å². The summed E-state index contributed by atoms with van der Waals surface area (Å²) in [5.41, 5.74) is 1.86. The molecular formula is C21H24ClN3O3. The number of nitrogens with one attached hydrogen (secondary N) is 1. The van der Waals surface area contributed by atoms with Gasteiger partial charge in [0.05, 0.1) is 21.8 Å². The van der Waals surface area contributed by atoms with Crippen LogP contribution in [0.3, 0.4) is 0 Å². The molecule has 0 spiro atoms. The van der Waals surface area contributed by atoms with Crippen molar-refractivity contribution in [1.82, 2.24) is 14.8 Å². The van der Waals surface area contributed by atoms with Crippen LogP contribution in [-0.2, 0) is 17.7 Å². The molecule has 0 atom stereocenters. The van der Waals surface area contributed by atoms with Crippen LogP contribution in [0.25, 0.3) is 22.3 Å². The van der Waals surface area contributed by atoms with Crippen molar-refractivity contribution in [2.24, 2.45) is 5.92 Å². The summed E-state index contributed by atoms with van der Waals surface area (Å²) in [5, 5.41) is 16.2. The number of H-pyrrole nitrogens is 1. The van der Waals surface area contributed by atoms with Crippen molar-refractivity contribution >= 4 is 22.6 Å². The van der Waals surface area contributed by atoms with Crippen molar-refractivity contribution in [1.29, 1.82) is 0 Å².